The first kappa shape index (κ1) is 48.2. The first-order valence-electron chi connectivity index (χ1n) is 19.3. The lowest BCUT2D eigenvalue weighted by Gasteiger charge is -2.09. The number of aliphatic carboxylic acids is 2. The number of carboxylic acids is 2. The van der Waals surface area contributed by atoms with Crippen LogP contribution in [0, 0.1) is 5.92 Å². The van der Waals surface area contributed by atoms with Gasteiger partial charge in [0.2, 0.25) is 17.7 Å². The number of unbranched alkanes of at least 4 members (excludes halogenated alkanes) is 14. The summed E-state index contributed by atoms with van der Waals surface area (Å²) in [5.41, 5.74) is 0. The van der Waals surface area contributed by atoms with Crippen molar-refractivity contribution in [3.8, 4) is 0 Å². The molecule has 0 rings (SSSR count). The zero-order valence-corrected chi connectivity index (χ0v) is 31.4. The monoisotopic (exact) mass is 731 g/mol. The number of hydrogen-bond donors (Lipinski definition) is 5. The molecule has 298 valence electrons. The highest BCUT2D eigenvalue weighted by Crippen LogP contribution is 2.14. The van der Waals surface area contributed by atoms with Crippen LogP contribution in [0.2, 0.25) is 0 Å². The molecule has 0 saturated carbocycles. The molecule has 0 aromatic heterocycles. The largest absolute Gasteiger partial charge is 0.481 e. The van der Waals surface area contributed by atoms with Gasteiger partial charge in [-0.25, -0.2) is 0 Å². The molecule has 0 fully saturated rings. The third-order valence-corrected chi connectivity index (χ3v) is 8.20. The van der Waals surface area contributed by atoms with Crippen molar-refractivity contribution in [2.45, 2.75) is 129 Å². The molecule has 0 aromatic carbocycles. The van der Waals surface area contributed by atoms with Crippen molar-refractivity contribution >= 4 is 29.7 Å². The third kappa shape index (κ3) is 38.3. The molecule has 51 heavy (non-hydrogen) atoms. The predicted molar refractivity (Wildman–Crippen MR) is 194 cm³/mol. The van der Waals surface area contributed by atoms with E-state index in [4.69, 9.17) is 29.2 Å². The van der Waals surface area contributed by atoms with Gasteiger partial charge in [0.15, 0.2) is 0 Å². The highest BCUT2D eigenvalue weighted by atomic mass is 16.5. The van der Waals surface area contributed by atoms with Crippen LogP contribution in [0.5, 0.6) is 0 Å². The maximum atomic E-state index is 12.0. The minimum atomic E-state index is -0.807. The van der Waals surface area contributed by atoms with E-state index in [1.165, 1.54) is 57.8 Å². The van der Waals surface area contributed by atoms with Gasteiger partial charge >= 0.3 is 11.9 Å². The number of ether oxygens (including phenoxy) is 4. The Labute approximate surface area is 305 Å². The molecule has 0 unspecified atom stereocenters. The Morgan fingerprint density at radius 2 is 0.843 bits per heavy atom. The summed E-state index contributed by atoms with van der Waals surface area (Å²) in [6.07, 6.45) is 19.0. The van der Waals surface area contributed by atoms with Crippen LogP contribution in [-0.4, -0.2) is 112 Å². The number of hydrogen-bond acceptors (Lipinski definition) is 9. The van der Waals surface area contributed by atoms with Gasteiger partial charge in [-0.2, -0.15) is 0 Å². The second kappa shape index (κ2) is 37.0. The van der Waals surface area contributed by atoms with Crippen molar-refractivity contribution in [2.24, 2.45) is 5.92 Å². The van der Waals surface area contributed by atoms with E-state index in [0.717, 1.165) is 38.5 Å². The van der Waals surface area contributed by atoms with Crippen LogP contribution in [0.1, 0.15) is 129 Å². The molecule has 0 aliphatic carbocycles. The number of amides is 3. The van der Waals surface area contributed by atoms with Gasteiger partial charge in [-0.1, -0.05) is 90.4 Å². The molecule has 0 bridgehead atoms. The van der Waals surface area contributed by atoms with E-state index in [2.05, 4.69) is 16.0 Å². The molecule has 0 aromatic rings. The third-order valence-electron chi connectivity index (χ3n) is 8.20. The van der Waals surface area contributed by atoms with Crippen molar-refractivity contribution in [3.63, 3.8) is 0 Å². The van der Waals surface area contributed by atoms with Crippen LogP contribution in [0.15, 0.2) is 0 Å². The van der Waals surface area contributed by atoms with Crippen molar-refractivity contribution in [1.82, 2.24) is 16.0 Å². The maximum Gasteiger partial charge on any atom is 0.306 e. The molecule has 0 aliphatic rings. The number of carbonyl (C=O) groups is 5. The van der Waals surface area contributed by atoms with E-state index >= 15 is 0 Å². The summed E-state index contributed by atoms with van der Waals surface area (Å²) in [6, 6.07) is 0. The van der Waals surface area contributed by atoms with Gasteiger partial charge in [-0.15, -0.1) is 0 Å². The van der Waals surface area contributed by atoms with Crippen molar-refractivity contribution in [2.75, 3.05) is 72.5 Å². The Morgan fingerprint density at radius 1 is 0.451 bits per heavy atom. The Hall–Kier alpha value is -2.81. The van der Waals surface area contributed by atoms with E-state index in [1.807, 2.05) is 0 Å². The summed E-state index contributed by atoms with van der Waals surface area (Å²) in [5.74, 6) is -2.33. The number of rotatable bonds is 39. The number of carboxylic acid groups (broad SMARTS) is 2. The lowest BCUT2D eigenvalue weighted by Crippen LogP contribution is -2.31. The van der Waals surface area contributed by atoms with Gasteiger partial charge in [-0.05, 0) is 25.7 Å². The number of carbonyl (C=O) groups excluding carboxylic acids is 3. The topological polar surface area (TPSA) is 199 Å². The smallest absolute Gasteiger partial charge is 0.306 e. The average molecular weight is 732 g/mol. The Balaban J connectivity index is 3.33. The van der Waals surface area contributed by atoms with Gasteiger partial charge < -0.3 is 45.1 Å². The Morgan fingerprint density at radius 3 is 1.29 bits per heavy atom. The molecule has 0 heterocycles. The normalized spacial score (nSPS) is 11.6. The standard InChI is InChI=1S/C37H69N3O11/c1-32(37(46)47)18-16-17-21-38-34(42)30-50-28-27-49-25-23-40-35(43)31-51-29-26-48-24-22-39-33(41)19-14-12-10-8-6-4-2-3-5-7-9-11-13-15-20-36(44)45/h32H,2-31H2,1H3,(H,38,42)(H,39,41)(H,40,43)(H,44,45)(H,46,47)/t32-/m0/s1. The summed E-state index contributed by atoms with van der Waals surface area (Å²) in [4.78, 5) is 56.8. The summed E-state index contributed by atoms with van der Waals surface area (Å²) >= 11 is 0. The summed E-state index contributed by atoms with van der Waals surface area (Å²) in [5, 5.41) is 25.8. The van der Waals surface area contributed by atoms with Crippen molar-refractivity contribution in [1.29, 1.82) is 0 Å². The van der Waals surface area contributed by atoms with Crippen LogP contribution >= 0.6 is 0 Å². The van der Waals surface area contributed by atoms with Crippen LogP contribution in [0.4, 0.5) is 0 Å². The molecular formula is C37H69N3O11. The molecular weight excluding hydrogens is 662 g/mol. The fraction of sp³-hybridized carbons (Fsp3) is 0.865. The molecule has 0 radical (unpaired) electrons. The second-order valence-corrected chi connectivity index (χ2v) is 13.0. The lowest BCUT2D eigenvalue weighted by atomic mass is 10.0. The van der Waals surface area contributed by atoms with Crippen molar-refractivity contribution in [3.05, 3.63) is 0 Å². The lowest BCUT2D eigenvalue weighted by molar-refractivity contribution is -0.141. The van der Waals surface area contributed by atoms with Crippen LogP contribution in [0.25, 0.3) is 0 Å². The van der Waals surface area contributed by atoms with E-state index < -0.39 is 11.9 Å². The Kier molecular flexibility index (Phi) is 34.9. The first-order chi connectivity index (χ1) is 24.7. The summed E-state index contributed by atoms with van der Waals surface area (Å²) < 4.78 is 21.4. The molecule has 14 heteroatoms. The zero-order valence-electron chi connectivity index (χ0n) is 31.4. The zero-order chi connectivity index (χ0) is 37.6. The molecule has 0 aliphatic heterocycles. The minimum absolute atomic E-state index is 0.0433. The summed E-state index contributed by atoms with van der Waals surface area (Å²) in [7, 11) is 0. The highest BCUT2D eigenvalue weighted by molar-refractivity contribution is 5.77. The van der Waals surface area contributed by atoms with Crippen LogP contribution in [-0.2, 0) is 42.9 Å². The van der Waals surface area contributed by atoms with Gasteiger partial charge in [-0.3, -0.25) is 24.0 Å². The molecule has 3 amide bonds. The molecule has 0 saturated heterocycles. The second-order valence-electron chi connectivity index (χ2n) is 13.0. The predicted octanol–water partition coefficient (Wildman–Crippen LogP) is 4.62. The van der Waals surface area contributed by atoms with E-state index in [9.17, 15) is 24.0 Å². The summed E-state index contributed by atoms with van der Waals surface area (Å²) in [6.45, 7) is 4.56. The average Bonchev–Trinajstić information content (AvgIpc) is 3.09. The first-order valence-corrected chi connectivity index (χ1v) is 19.3. The molecule has 14 nitrogen and oxygen atoms in total. The Bertz CT molecular complexity index is 892. The molecule has 0 spiro atoms. The van der Waals surface area contributed by atoms with Gasteiger partial charge in [0.25, 0.3) is 0 Å². The van der Waals surface area contributed by atoms with Crippen LogP contribution in [0.3, 0.4) is 0 Å². The fourth-order valence-corrected chi connectivity index (χ4v) is 5.10. The van der Waals surface area contributed by atoms with Gasteiger partial charge in [0.05, 0.1) is 45.6 Å². The van der Waals surface area contributed by atoms with Gasteiger partial charge in [0, 0.05) is 32.5 Å². The molecule has 1 atom stereocenters. The molecule has 5 N–H and O–H groups in total. The maximum absolute atomic E-state index is 12.0. The number of nitrogens with one attached hydrogen (secondary N) is 3. The fourth-order valence-electron chi connectivity index (χ4n) is 5.10. The quantitative estimate of drug-likeness (QED) is 0.0553. The highest BCUT2D eigenvalue weighted by Gasteiger charge is 2.10. The van der Waals surface area contributed by atoms with E-state index in [1.54, 1.807) is 6.92 Å². The van der Waals surface area contributed by atoms with E-state index in [-0.39, 0.29) is 56.7 Å². The van der Waals surface area contributed by atoms with E-state index in [0.29, 0.717) is 65.1 Å². The SMILES string of the molecule is C[C@@H](CCCCNC(=O)COCCOCCNC(=O)COCCOCCNC(=O)CCCCCCCCCCCCCCCCC(=O)O)C(=O)O. The van der Waals surface area contributed by atoms with Crippen LogP contribution < -0.4 is 16.0 Å². The minimum Gasteiger partial charge on any atom is -0.481 e. The van der Waals surface area contributed by atoms with Gasteiger partial charge in [0.1, 0.15) is 13.2 Å². The van der Waals surface area contributed by atoms with Crippen molar-refractivity contribution < 1.29 is 53.1 Å².